The Kier molecular flexibility index (Phi) is 6.55. The van der Waals surface area contributed by atoms with E-state index >= 15 is 0 Å². The van der Waals surface area contributed by atoms with Gasteiger partial charge in [-0.1, -0.05) is 29.8 Å². The van der Waals surface area contributed by atoms with Crippen LogP contribution < -0.4 is 11.1 Å². The molecule has 1 aromatic carbocycles. The number of hydrogen-bond acceptors (Lipinski definition) is 4. The number of amides is 1. The van der Waals surface area contributed by atoms with Crippen molar-refractivity contribution in [2.45, 2.75) is 25.7 Å². The lowest BCUT2D eigenvalue weighted by Crippen LogP contribution is -2.33. The first kappa shape index (κ1) is 19.4. The summed E-state index contributed by atoms with van der Waals surface area (Å²) in [5.74, 6) is -0.465. The van der Waals surface area contributed by atoms with Crippen LogP contribution in [0.4, 0.5) is 13.2 Å². The van der Waals surface area contributed by atoms with Gasteiger partial charge in [0.15, 0.2) is 5.69 Å². The molecule has 1 amide bonds. The second-order valence-electron chi connectivity index (χ2n) is 4.73. The van der Waals surface area contributed by atoms with Gasteiger partial charge in [0.1, 0.15) is 11.0 Å². The Morgan fingerprint density at radius 1 is 1.35 bits per heavy atom. The van der Waals surface area contributed by atoms with Crippen LogP contribution >= 0.6 is 23.7 Å². The third-order valence-corrected chi connectivity index (χ3v) is 3.82. The van der Waals surface area contributed by atoms with Gasteiger partial charge in [-0.15, -0.1) is 23.7 Å². The molecule has 0 radical (unpaired) electrons. The van der Waals surface area contributed by atoms with Crippen LogP contribution in [-0.4, -0.2) is 10.9 Å². The molecule has 0 fully saturated rings. The molecule has 9 heteroatoms. The summed E-state index contributed by atoms with van der Waals surface area (Å²) in [5, 5.41) is 3.59. The average molecular weight is 366 g/mol. The summed E-state index contributed by atoms with van der Waals surface area (Å²) in [6.45, 7) is 1.83. The minimum absolute atomic E-state index is 0. The summed E-state index contributed by atoms with van der Waals surface area (Å²) in [7, 11) is 0. The van der Waals surface area contributed by atoms with Gasteiger partial charge >= 0.3 is 6.18 Å². The fourth-order valence-electron chi connectivity index (χ4n) is 1.72. The van der Waals surface area contributed by atoms with Crippen molar-refractivity contribution in [1.29, 1.82) is 0 Å². The van der Waals surface area contributed by atoms with Gasteiger partial charge in [0.25, 0.3) is 0 Å². The van der Waals surface area contributed by atoms with Crippen LogP contribution in [0.25, 0.3) is 0 Å². The molecular formula is C14H15ClF3N3OS. The quantitative estimate of drug-likeness (QED) is 0.874. The van der Waals surface area contributed by atoms with Crippen molar-refractivity contribution in [2.24, 2.45) is 5.73 Å². The van der Waals surface area contributed by atoms with Crippen LogP contribution in [0.2, 0.25) is 0 Å². The standard InChI is InChI=1S/C14H14F3N3OS.ClH/c1-8-2-4-9(5-3-8)12(18)13(21)19-6-11-20-10(7-22-11)14(15,16)17;/h2-5,7,12H,6,18H2,1H3,(H,19,21);1H. The highest BCUT2D eigenvalue weighted by atomic mass is 35.5. The SMILES string of the molecule is Cc1ccc(C(N)C(=O)NCc2nc(C(F)(F)F)cs2)cc1.Cl. The second-order valence-corrected chi connectivity index (χ2v) is 5.67. The summed E-state index contributed by atoms with van der Waals surface area (Å²) in [4.78, 5) is 15.4. The predicted molar refractivity (Wildman–Crippen MR) is 84.3 cm³/mol. The largest absolute Gasteiger partial charge is 0.434 e. The molecule has 0 saturated heterocycles. The first-order valence-electron chi connectivity index (χ1n) is 6.39. The maximum absolute atomic E-state index is 12.4. The van der Waals surface area contributed by atoms with Gasteiger partial charge in [0.05, 0.1) is 6.54 Å². The van der Waals surface area contributed by atoms with E-state index in [9.17, 15) is 18.0 Å². The number of hydrogen-bond donors (Lipinski definition) is 2. The van der Waals surface area contributed by atoms with Crippen LogP contribution in [0.1, 0.15) is 27.9 Å². The number of thiazole rings is 1. The molecule has 126 valence electrons. The molecule has 0 aliphatic carbocycles. The van der Waals surface area contributed by atoms with Crippen molar-refractivity contribution in [3.8, 4) is 0 Å². The number of carbonyl (C=O) groups is 1. The van der Waals surface area contributed by atoms with E-state index in [1.165, 1.54) is 0 Å². The zero-order valence-electron chi connectivity index (χ0n) is 12.1. The molecule has 2 rings (SSSR count). The lowest BCUT2D eigenvalue weighted by molar-refractivity contribution is -0.140. The van der Waals surface area contributed by atoms with Gasteiger partial charge in [-0.2, -0.15) is 13.2 Å². The molecule has 0 aliphatic heterocycles. The molecule has 0 spiro atoms. The number of nitrogens with two attached hydrogens (primary N) is 1. The normalized spacial score (nSPS) is 12.4. The second kappa shape index (κ2) is 7.76. The van der Waals surface area contributed by atoms with E-state index in [1.54, 1.807) is 12.1 Å². The zero-order valence-corrected chi connectivity index (χ0v) is 13.7. The Hall–Kier alpha value is -1.64. The number of nitrogens with zero attached hydrogens (tertiary/aromatic N) is 1. The molecule has 0 aliphatic rings. The number of alkyl halides is 3. The molecule has 1 atom stereocenters. The van der Waals surface area contributed by atoms with Crippen LogP contribution in [0.15, 0.2) is 29.6 Å². The van der Waals surface area contributed by atoms with Crippen molar-refractivity contribution in [3.05, 3.63) is 51.5 Å². The number of nitrogens with one attached hydrogen (secondary N) is 1. The summed E-state index contributed by atoms with van der Waals surface area (Å²) in [6, 6.07) is 6.27. The van der Waals surface area contributed by atoms with Crippen molar-refractivity contribution >= 4 is 29.7 Å². The van der Waals surface area contributed by atoms with E-state index in [4.69, 9.17) is 5.73 Å². The number of benzene rings is 1. The van der Waals surface area contributed by atoms with Crippen LogP contribution in [0, 0.1) is 6.92 Å². The van der Waals surface area contributed by atoms with Crippen molar-refractivity contribution in [1.82, 2.24) is 10.3 Å². The first-order chi connectivity index (χ1) is 10.3. The number of halogens is 4. The number of aromatic nitrogens is 1. The van der Waals surface area contributed by atoms with Crippen molar-refractivity contribution < 1.29 is 18.0 Å². The Labute approximate surface area is 141 Å². The molecular weight excluding hydrogens is 351 g/mol. The van der Waals surface area contributed by atoms with Gasteiger partial charge in [0, 0.05) is 5.38 Å². The molecule has 1 unspecified atom stereocenters. The monoisotopic (exact) mass is 365 g/mol. The molecule has 23 heavy (non-hydrogen) atoms. The highest BCUT2D eigenvalue weighted by Crippen LogP contribution is 2.29. The minimum Gasteiger partial charge on any atom is -0.348 e. The summed E-state index contributed by atoms with van der Waals surface area (Å²) >= 11 is 0.841. The predicted octanol–water partition coefficient (Wildman–Crippen LogP) is 3.21. The van der Waals surface area contributed by atoms with E-state index in [0.717, 1.165) is 22.3 Å². The molecule has 0 saturated carbocycles. The van der Waals surface area contributed by atoms with Gasteiger partial charge in [-0.25, -0.2) is 4.98 Å². The Morgan fingerprint density at radius 3 is 2.48 bits per heavy atom. The Bertz CT molecular complexity index is 658. The van der Waals surface area contributed by atoms with E-state index in [0.29, 0.717) is 5.56 Å². The van der Waals surface area contributed by atoms with Crippen LogP contribution in [0.3, 0.4) is 0 Å². The van der Waals surface area contributed by atoms with Gasteiger partial charge in [-0.3, -0.25) is 4.79 Å². The lowest BCUT2D eigenvalue weighted by atomic mass is 10.1. The van der Waals surface area contributed by atoms with Gasteiger partial charge < -0.3 is 11.1 Å². The molecule has 4 nitrogen and oxygen atoms in total. The fourth-order valence-corrected chi connectivity index (χ4v) is 2.46. The van der Waals surface area contributed by atoms with Crippen LogP contribution in [0.5, 0.6) is 0 Å². The number of rotatable bonds is 4. The number of aryl methyl sites for hydroxylation is 1. The maximum Gasteiger partial charge on any atom is 0.434 e. The maximum atomic E-state index is 12.4. The van der Waals surface area contributed by atoms with Crippen molar-refractivity contribution in [3.63, 3.8) is 0 Å². The Morgan fingerprint density at radius 2 is 1.96 bits per heavy atom. The molecule has 2 aromatic rings. The minimum atomic E-state index is -4.48. The van der Waals surface area contributed by atoms with Gasteiger partial charge in [0.2, 0.25) is 5.91 Å². The summed E-state index contributed by atoms with van der Waals surface area (Å²) in [5.41, 5.74) is 6.54. The third-order valence-electron chi connectivity index (χ3n) is 2.97. The van der Waals surface area contributed by atoms with E-state index in [2.05, 4.69) is 10.3 Å². The van der Waals surface area contributed by atoms with E-state index in [1.807, 2.05) is 19.1 Å². The zero-order chi connectivity index (χ0) is 16.3. The first-order valence-corrected chi connectivity index (χ1v) is 7.27. The summed E-state index contributed by atoms with van der Waals surface area (Å²) < 4.78 is 37.3. The Balaban J connectivity index is 0.00000264. The molecule has 1 heterocycles. The highest BCUT2D eigenvalue weighted by Gasteiger charge is 2.33. The highest BCUT2D eigenvalue weighted by molar-refractivity contribution is 7.09. The summed E-state index contributed by atoms with van der Waals surface area (Å²) in [6.07, 6.45) is -4.48. The molecule has 1 aromatic heterocycles. The van der Waals surface area contributed by atoms with E-state index < -0.39 is 23.8 Å². The lowest BCUT2D eigenvalue weighted by Gasteiger charge is -2.12. The molecule has 0 bridgehead atoms. The van der Waals surface area contributed by atoms with E-state index in [-0.39, 0.29) is 24.0 Å². The van der Waals surface area contributed by atoms with Gasteiger partial charge in [-0.05, 0) is 12.5 Å². The third kappa shape index (κ3) is 5.19. The smallest absolute Gasteiger partial charge is 0.348 e. The molecule has 3 N–H and O–H groups in total. The van der Waals surface area contributed by atoms with Crippen molar-refractivity contribution in [2.75, 3.05) is 0 Å². The average Bonchev–Trinajstić information content (AvgIpc) is 2.94. The van der Waals surface area contributed by atoms with Crippen LogP contribution in [-0.2, 0) is 17.5 Å². The fraction of sp³-hybridized carbons (Fsp3) is 0.286. The number of carbonyl (C=O) groups excluding carboxylic acids is 1. The topological polar surface area (TPSA) is 68.0 Å².